The molecule has 3 rings (SSSR count). The van der Waals surface area contributed by atoms with Crippen LogP contribution in [0.1, 0.15) is 23.1 Å². The number of amidine groups is 1. The van der Waals surface area contributed by atoms with Crippen LogP contribution in [0.5, 0.6) is 11.6 Å². The SMILES string of the molecule is Cc1cc(Oc2ncccc2C2=NCCCN2)cc(C)c1Cl. The summed E-state index contributed by atoms with van der Waals surface area (Å²) >= 11 is 6.21. The van der Waals surface area contributed by atoms with E-state index in [9.17, 15) is 0 Å². The Labute approximate surface area is 135 Å². The van der Waals surface area contributed by atoms with E-state index in [1.165, 1.54) is 0 Å². The number of ether oxygens (including phenoxy) is 1. The van der Waals surface area contributed by atoms with Crippen LogP contribution >= 0.6 is 11.6 Å². The minimum atomic E-state index is 0.553. The van der Waals surface area contributed by atoms with E-state index in [0.717, 1.165) is 52.8 Å². The zero-order valence-corrected chi connectivity index (χ0v) is 13.4. The zero-order valence-electron chi connectivity index (χ0n) is 12.7. The van der Waals surface area contributed by atoms with Crippen molar-refractivity contribution in [3.8, 4) is 11.6 Å². The molecule has 2 heterocycles. The molecule has 0 unspecified atom stereocenters. The number of aryl methyl sites for hydroxylation is 2. The van der Waals surface area contributed by atoms with Gasteiger partial charge in [-0.05, 0) is 55.7 Å². The molecule has 0 amide bonds. The average Bonchev–Trinajstić information content (AvgIpc) is 2.54. The van der Waals surface area contributed by atoms with Gasteiger partial charge in [0.1, 0.15) is 11.6 Å². The van der Waals surface area contributed by atoms with E-state index in [1.54, 1.807) is 6.20 Å². The predicted molar refractivity (Wildman–Crippen MR) is 89.3 cm³/mol. The van der Waals surface area contributed by atoms with Gasteiger partial charge in [0.15, 0.2) is 0 Å². The highest BCUT2D eigenvalue weighted by atomic mass is 35.5. The molecule has 0 fully saturated rings. The van der Waals surface area contributed by atoms with Crippen LogP contribution in [0.15, 0.2) is 35.5 Å². The number of hydrogen-bond donors (Lipinski definition) is 1. The fourth-order valence-electron chi connectivity index (χ4n) is 2.44. The Morgan fingerprint density at radius 1 is 1.23 bits per heavy atom. The van der Waals surface area contributed by atoms with Crippen molar-refractivity contribution in [3.05, 3.63) is 52.2 Å². The third kappa shape index (κ3) is 3.07. The summed E-state index contributed by atoms with van der Waals surface area (Å²) in [6, 6.07) is 7.70. The predicted octanol–water partition coefficient (Wildman–Crippen LogP) is 3.88. The number of rotatable bonds is 3. The number of hydrogen-bond acceptors (Lipinski definition) is 4. The molecule has 5 heteroatoms. The first-order valence-electron chi connectivity index (χ1n) is 7.33. The molecule has 1 N–H and O–H groups in total. The standard InChI is InChI=1S/C17H18ClN3O/c1-11-9-13(10-12(2)15(11)18)22-17-14(5-3-6-21-17)16-19-7-4-8-20-16/h3,5-6,9-10H,4,7-8H2,1-2H3,(H,19,20). The van der Waals surface area contributed by atoms with Gasteiger partial charge in [0.05, 0.1) is 5.56 Å². The third-order valence-corrected chi connectivity index (χ3v) is 4.14. The minimum absolute atomic E-state index is 0.553. The molecule has 1 aliphatic heterocycles. The van der Waals surface area contributed by atoms with E-state index in [-0.39, 0.29) is 0 Å². The van der Waals surface area contributed by atoms with Crippen LogP contribution in [0.3, 0.4) is 0 Å². The van der Waals surface area contributed by atoms with Crippen LogP contribution in [0.25, 0.3) is 0 Å². The van der Waals surface area contributed by atoms with Crippen molar-refractivity contribution in [2.45, 2.75) is 20.3 Å². The first kappa shape index (κ1) is 14.9. The van der Waals surface area contributed by atoms with Gasteiger partial charge in [0, 0.05) is 24.3 Å². The van der Waals surface area contributed by atoms with Crippen LogP contribution in [-0.2, 0) is 0 Å². The lowest BCUT2D eigenvalue weighted by Crippen LogP contribution is -2.30. The number of aliphatic imine (C=N–C) groups is 1. The van der Waals surface area contributed by atoms with Crippen LogP contribution in [0.2, 0.25) is 5.02 Å². The normalized spacial score (nSPS) is 14.2. The van der Waals surface area contributed by atoms with E-state index < -0.39 is 0 Å². The summed E-state index contributed by atoms with van der Waals surface area (Å²) in [5, 5.41) is 4.07. The Morgan fingerprint density at radius 3 is 2.68 bits per heavy atom. The van der Waals surface area contributed by atoms with Gasteiger partial charge < -0.3 is 10.1 Å². The lowest BCUT2D eigenvalue weighted by atomic mass is 10.1. The number of halogens is 1. The molecule has 1 aromatic carbocycles. The van der Waals surface area contributed by atoms with Crippen molar-refractivity contribution in [1.29, 1.82) is 0 Å². The largest absolute Gasteiger partial charge is 0.438 e. The smallest absolute Gasteiger partial charge is 0.230 e. The summed E-state index contributed by atoms with van der Waals surface area (Å²) in [7, 11) is 0. The maximum atomic E-state index is 6.21. The monoisotopic (exact) mass is 315 g/mol. The van der Waals surface area contributed by atoms with Crippen LogP contribution in [0.4, 0.5) is 0 Å². The Bertz CT molecular complexity index is 705. The van der Waals surface area contributed by atoms with Gasteiger partial charge in [-0.15, -0.1) is 0 Å². The van der Waals surface area contributed by atoms with Gasteiger partial charge in [0.2, 0.25) is 5.88 Å². The quantitative estimate of drug-likeness (QED) is 0.935. The third-order valence-electron chi connectivity index (χ3n) is 3.55. The van der Waals surface area contributed by atoms with Crippen LogP contribution in [0, 0.1) is 13.8 Å². The highest BCUT2D eigenvalue weighted by molar-refractivity contribution is 6.32. The number of benzene rings is 1. The molecule has 0 saturated heterocycles. The number of nitrogens with zero attached hydrogens (tertiary/aromatic N) is 2. The van der Waals surface area contributed by atoms with Crippen molar-refractivity contribution in [2.75, 3.05) is 13.1 Å². The maximum absolute atomic E-state index is 6.21. The van der Waals surface area contributed by atoms with Crippen molar-refractivity contribution in [1.82, 2.24) is 10.3 Å². The second-order valence-corrected chi connectivity index (χ2v) is 5.72. The number of aromatic nitrogens is 1. The molecular formula is C17H18ClN3O. The second kappa shape index (κ2) is 6.36. The summed E-state index contributed by atoms with van der Waals surface area (Å²) in [6.07, 6.45) is 2.77. The van der Waals surface area contributed by atoms with E-state index in [1.807, 2.05) is 38.1 Å². The summed E-state index contributed by atoms with van der Waals surface area (Å²) in [6.45, 7) is 5.69. The summed E-state index contributed by atoms with van der Waals surface area (Å²) in [5.74, 6) is 2.13. The molecule has 1 aliphatic rings. The molecule has 114 valence electrons. The first-order chi connectivity index (χ1) is 10.6. The second-order valence-electron chi connectivity index (χ2n) is 5.34. The van der Waals surface area contributed by atoms with E-state index in [4.69, 9.17) is 16.3 Å². The number of pyridine rings is 1. The van der Waals surface area contributed by atoms with Gasteiger partial charge in [-0.2, -0.15) is 0 Å². The molecule has 0 spiro atoms. The molecule has 0 aliphatic carbocycles. The Hall–Kier alpha value is -2.07. The van der Waals surface area contributed by atoms with Gasteiger partial charge in [-0.25, -0.2) is 4.98 Å². The molecule has 22 heavy (non-hydrogen) atoms. The molecule has 2 aromatic rings. The van der Waals surface area contributed by atoms with Gasteiger partial charge in [-0.1, -0.05) is 11.6 Å². The number of nitrogens with one attached hydrogen (secondary N) is 1. The molecule has 0 radical (unpaired) electrons. The fraction of sp³-hybridized carbons (Fsp3) is 0.294. The minimum Gasteiger partial charge on any atom is -0.438 e. The summed E-state index contributed by atoms with van der Waals surface area (Å²) in [5.41, 5.74) is 2.86. The Morgan fingerprint density at radius 2 is 2.00 bits per heavy atom. The molecular weight excluding hydrogens is 298 g/mol. The fourth-order valence-corrected chi connectivity index (χ4v) is 2.55. The molecule has 0 atom stereocenters. The highest BCUT2D eigenvalue weighted by Gasteiger charge is 2.15. The van der Waals surface area contributed by atoms with Gasteiger partial charge in [0.25, 0.3) is 0 Å². The van der Waals surface area contributed by atoms with E-state index in [0.29, 0.717) is 5.88 Å². The first-order valence-corrected chi connectivity index (χ1v) is 7.71. The Kier molecular flexibility index (Phi) is 4.29. The topological polar surface area (TPSA) is 46.5 Å². The van der Waals surface area contributed by atoms with E-state index in [2.05, 4.69) is 15.3 Å². The lowest BCUT2D eigenvalue weighted by Gasteiger charge is -2.17. The van der Waals surface area contributed by atoms with Crippen molar-refractivity contribution in [3.63, 3.8) is 0 Å². The van der Waals surface area contributed by atoms with Crippen LogP contribution in [-0.4, -0.2) is 23.9 Å². The zero-order chi connectivity index (χ0) is 15.5. The lowest BCUT2D eigenvalue weighted by molar-refractivity contribution is 0.460. The highest BCUT2D eigenvalue weighted by Crippen LogP contribution is 2.29. The molecule has 1 aromatic heterocycles. The van der Waals surface area contributed by atoms with Crippen molar-refractivity contribution < 1.29 is 4.74 Å². The summed E-state index contributed by atoms with van der Waals surface area (Å²) < 4.78 is 5.99. The molecule has 0 saturated carbocycles. The van der Waals surface area contributed by atoms with Gasteiger partial charge >= 0.3 is 0 Å². The summed E-state index contributed by atoms with van der Waals surface area (Å²) in [4.78, 5) is 8.87. The van der Waals surface area contributed by atoms with E-state index >= 15 is 0 Å². The van der Waals surface area contributed by atoms with Crippen molar-refractivity contribution >= 4 is 17.4 Å². The average molecular weight is 316 g/mol. The maximum Gasteiger partial charge on any atom is 0.230 e. The van der Waals surface area contributed by atoms with Crippen molar-refractivity contribution in [2.24, 2.45) is 4.99 Å². The van der Waals surface area contributed by atoms with Crippen LogP contribution < -0.4 is 10.1 Å². The Balaban J connectivity index is 1.94. The molecule has 0 bridgehead atoms. The molecule has 4 nitrogen and oxygen atoms in total. The van der Waals surface area contributed by atoms with Gasteiger partial charge in [-0.3, -0.25) is 4.99 Å².